The van der Waals surface area contributed by atoms with E-state index in [4.69, 9.17) is 33.2 Å². The van der Waals surface area contributed by atoms with Crippen molar-refractivity contribution in [3.8, 4) is 17.2 Å². The molecule has 4 rings (SSSR count). The minimum Gasteiger partial charge on any atom is -0.497 e. The second-order valence-corrected chi connectivity index (χ2v) is 8.99. The summed E-state index contributed by atoms with van der Waals surface area (Å²) < 4.78 is 41.9. The van der Waals surface area contributed by atoms with Crippen molar-refractivity contribution in [2.75, 3.05) is 27.4 Å². The minimum atomic E-state index is -0.855. The Balaban J connectivity index is 1.59. The summed E-state index contributed by atoms with van der Waals surface area (Å²) in [4.78, 5) is 0. The van der Waals surface area contributed by atoms with Gasteiger partial charge in [-0.1, -0.05) is 48.5 Å². The van der Waals surface area contributed by atoms with Gasteiger partial charge in [0.15, 0.2) is 0 Å². The molecule has 1 N–H and O–H groups in total. The zero-order valence-corrected chi connectivity index (χ0v) is 22.3. The number of aliphatic hydroxyl groups is 1. The van der Waals surface area contributed by atoms with Gasteiger partial charge in [0, 0.05) is 0 Å². The highest BCUT2D eigenvalue weighted by Crippen LogP contribution is 2.31. The van der Waals surface area contributed by atoms with E-state index in [9.17, 15) is 5.11 Å². The molecule has 39 heavy (non-hydrogen) atoms. The molecule has 0 amide bonds. The van der Waals surface area contributed by atoms with E-state index < -0.39 is 30.7 Å². The summed E-state index contributed by atoms with van der Waals surface area (Å²) in [6, 6.07) is 24.6. The van der Waals surface area contributed by atoms with Gasteiger partial charge in [-0.15, -0.1) is 6.58 Å². The van der Waals surface area contributed by atoms with Gasteiger partial charge in [0.1, 0.15) is 41.7 Å². The zero-order valence-electron chi connectivity index (χ0n) is 22.3. The molecular formula is C31H36O8. The fourth-order valence-corrected chi connectivity index (χ4v) is 4.33. The van der Waals surface area contributed by atoms with Crippen LogP contribution in [0.4, 0.5) is 0 Å². The van der Waals surface area contributed by atoms with Crippen molar-refractivity contribution >= 4 is 0 Å². The smallest absolute Gasteiger partial charge is 0.229 e. The number of benzene rings is 3. The second kappa shape index (κ2) is 14.7. The largest absolute Gasteiger partial charge is 0.497 e. The third-order valence-electron chi connectivity index (χ3n) is 6.38. The van der Waals surface area contributed by atoms with Crippen LogP contribution in [0.2, 0.25) is 0 Å². The van der Waals surface area contributed by atoms with Gasteiger partial charge >= 0.3 is 0 Å². The molecule has 5 atom stereocenters. The van der Waals surface area contributed by atoms with Gasteiger partial charge in [-0.3, -0.25) is 0 Å². The fourth-order valence-electron chi connectivity index (χ4n) is 4.33. The highest BCUT2D eigenvalue weighted by atomic mass is 16.7. The predicted octanol–water partition coefficient (Wildman–Crippen LogP) is 4.54. The summed E-state index contributed by atoms with van der Waals surface area (Å²) in [5, 5.41) is 10.3. The third-order valence-corrected chi connectivity index (χ3v) is 6.38. The third kappa shape index (κ3) is 7.81. The van der Waals surface area contributed by atoms with Crippen LogP contribution in [0.25, 0.3) is 0 Å². The minimum absolute atomic E-state index is 0.250. The van der Waals surface area contributed by atoms with E-state index in [-0.39, 0.29) is 26.4 Å². The number of hydrogen-bond acceptors (Lipinski definition) is 8. The molecule has 1 aliphatic heterocycles. The zero-order chi connectivity index (χ0) is 27.5. The van der Waals surface area contributed by atoms with Crippen LogP contribution in [0.15, 0.2) is 91.5 Å². The normalized spacial score (nSPS) is 22.7. The first-order valence-corrected chi connectivity index (χ1v) is 12.8. The SMILES string of the molecule is C=CCO[C@@H]1[C@@H](Oc2ccccc2)O[C@H](CO)[C@@H](OCc2ccc(OC)cc2)[C@@H]1OCc1ccc(OC)cc1. The Hall–Kier alpha value is -3.40. The molecule has 0 spiro atoms. The molecular weight excluding hydrogens is 500 g/mol. The first kappa shape index (κ1) is 28.6. The molecule has 0 bridgehead atoms. The number of methoxy groups -OCH3 is 2. The second-order valence-electron chi connectivity index (χ2n) is 8.99. The quantitative estimate of drug-likeness (QED) is 0.301. The van der Waals surface area contributed by atoms with E-state index in [1.807, 2.05) is 78.9 Å². The van der Waals surface area contributed by atoms with Crippen LogP contribution >= 0.6 is 0 Å². The Bertz CT molecular complexity index is 1120. The van der Waals surface area contributed by atoms with Crippen molar-refractivity contribution in [2.45, 2.75) is 43.9 Å². The maximum absolute atomic E-state index is 10.3. The first-order valence-electron chi connectivity index (χ1n) is 12.8. The van der Waals surface area contributed by atoms with Gasteiger partial charge in [0.05, 0.1) is 40.6 Å². The van der Waals surface area contributed by atoms with E-state index in [1.165, 1.54) is 0 Å². The molecule has 0 radical (unpaired) electrons. The topological polar surface area (TPSA) is 84.8 Å². The lowest BCUT2D eigenvalue weighted by Crippen LogP contribution is -2.62. The van der Waals surface area contributed by atoms with Crippen LogP contribution in [0.3, 0.4) is 0 Å². The van der Waals surface area contributed by atoms with Crippen LogP contribution in [-0.4, -0.2) is 63.2 Å². The summed E-state index contributed by atoms with van der Waals surface area (Å²) in [6.07, 6.45) is -1.88. The lowest BCUT2D eigenvalue weighted by Gasteiger charge is -2.45. The van der Waals surface area contributed by atoms with Crippen molar-refractivity contribution in [3.63, 3.8) is 0 Å². The van der Waals surface area contributed by atoms with Crippen molar-refractivity contribution < 1.29 is 38.3 Å². The molecule has 3 aromatic rings. The van der Waals surface area contributed by atoms with Crippen LogP contribution in [0.1, 0.15) is 11.1 Å². The lowest BCUT2D eigenvalue weighted by atomic mass is 9.98. The molecule has 0 aromatic heterocycles. The molecule has 1 aliphatic rings. The Labute approximate surface area is 229 Å². The standard InChI is InChI=1S/C31H36O8/c1-4-18-35-30-29(37-21-23-12-16-25(34-3)17-13-23)28(36-20-22-10-14-24(33-2)15-11-22)27(19-32)39-31(30)38-26-8-6-5-7-9-26/h4-17,27-32H,1,18-21H2,2-3H3/t27-,28-,29+,30+,31+/m1/s1. The molecule has 3 aromatic carbocycles. The van der Waals surface area contributed by atoms with Crippen LogP contribution in [0.5, 0.6) is 17.2 Å². The summed E-state index contributed by atoms with van der Waals surface area (Å²) in [6.45, 7) is 4.30. The lowest BCUT2D eigenvalue weighted by molar-refractivity contribution is -0.304. The van der Waals surface area contributed by atoms with Crippen molar-refractivity contribution in [2.24, 2.45) is 0 Å². The van der Waals surface area contributed by atoms with Gasteiger partial charge in [-0.05, 0) is 47.5 Å². The molecule has 8 heteroatoms. The molecule has 1 saturated heterocycles. The van der Waals surface area contributed by atoms with E-state index in [0.717, 1.165) is 22.6 Å². The van der Waals surface area contributed by atoms with E-state index in [0.29, 0.717) is 5.75 Å². The van der Waals surface area contributed by atoms with Gasteiger partial charge < -0.3 is 38.3 Å². The summed E-state index contributed by atoms with van der Waals surface area (Å²) in [5.74, 6) is 2.12. The molecule has 1 fully saturated rings. The number of aliphatic hydroxyl groups excluding tert-OH is 1. The Morgan fingerprint density at radius 3 is 1.79 bits per heavy atom. The average Bonchev–Trinajstić information content (AvgIpc) is 2.99. The summed E-state index contributed by atoms with van der Waals surface area (Å²) in [5.41, 5.74) is 1.88. The molecule has 0 aliphatic carbocycles. The average molecular weight is 537 g/mol. The van der Waals surface area contributed by atoms with Gasteiger partial charge in [-0.2, -0.15) is 0 Å². The number of para-hydroxylation sites is 1. The predicted molar refractivity (Wildman–Crippen MR) is 146 cm³/mol. The summed E-state index contributed by atoms with van der Waals surface area (Å²) >= 11 is 0. The van der Waals surface area contributed by atoms with Gasteiger partial charge in [0.25, 0.3) is 0 Å². The number of rotatable bonds is 14. The van der Waals surface area contributed by atoms with Crippen LogP contribution in [-0.2, 0) is 32.2 Å². The Kier molecular flexibility index (Phi) is 10.8. The fraction of sp³-hybridized carbons (Fsp3) is 0.355. The maximum Gasteiger partial charge on any atom is 0.229 e. The van der Waals surface area contributed by atoms with Gasteiger partial charge in [0.2, 0.25) is 6.29 Å². The van der Waals surface area contributed by atoms with E-state index in [2.05, 4.69) is 6.58 Å². The molecule has 1 heterocycles. The summed E-state index contributed by atoms with van der Waals surface area (Å²) in [7, 11) is 3.25. The monoisotopic (exact) mass is 536 g/mol. The number of ether oxygens (including phenoxy) is 7. The van der Waals surface area contributed by atoms with Crippen molar-refractivity contribution in [3.05, 3.63) is 103 Å². The first-order chi connectivity index (χ1) is 19.1. The molecule has 208 valence electrons. The highest BCUT2D eigenvalue weighted by Gasteiger charge is 2.49. The molecule has 0 saturated carbocycles. The molecule has 0 unspecified atom stereocenters. The van der Waals surface area contributed by atoms with E-state index in [1.54, 1.807) is 20.3 Å². The van der Waals surface area contributed by atoms with Crippen molar-refractivity contribution in [1.29, 1.82) is 0 Å². The Morgan fingerprint density at radius 1 is 0.718 bits per heavy atom. The van der Waals surface area contributed by atoms with Crippen LogP contribution < -0.4 is 14.2 Å². The van der Waals surface area contributed by atoms with E-state index >= 15 is 0 Å². The van der Waals surface area contributed by atoms with Gasteiger partial charge in [-0.25, -0.2) is 0 Å². The Morgan fingerprint density at radius 2 is 1.28 bits per heavy atom. The highest BCUT2D eigenvalue weighted by molar-refractivity contribution is 5.27. The van der Waals surface area contributed by atoms with Crippen LogP contribution in [0, 0.1) is 0 Å². The maximum atomic E-state index is 10.3. The van der Waals surface area contributed by atoms with Crippen molar-refractivity contribution in [1.82, 2.24) is 0 Å². The molecule has 8 nitrogen and oxygen atoms in total. The number of hydrogen-bond donors (Lipinski definition) is 1.